The molecule has 0 fully saturated rings. The number of hydrogen-bond acceptors (Lipinski definition) is 3. The Bertz CT molecular complexity index is 217. The molecule has 0 aliphatic heterocycles. The molecule has 0 aromatic carbocycles. The van der Waals surface area contributed by atoms with Crippen molar-refractivity contribution in [1.82, 2.24) is 9.71 Å². The number of thiol groups is 1. The molecule has 1 heterocycles. The maximum atomic E-state index is 5.67. The van der Waals surface area contributed by atoms with Crippen LogP contribution in [-0.2, 0) is 6.54 Å². The average Bonchev–Trinajstić information content (AvgIpc) is 1.88. The minimum Gasteiger partial charge on any atom is -0.263 e. The number of nitrogens with one attached hydrogen (secondary N) is 1. The number of hydrogen-bond donors (Lipinski definition) is 2. The fourth-order valence-corrected chi connectivity index (χ4v) is 1.02. The number of nitrogens with zero attached hydrogens (tertiary/aromatic N) is 1. The first-order valence-electron chi connectivity index (χ1n) is 2.79. The molecule has 0 radical (unpaired) electrons. The fourth-order valence-electron chi connectivity index (χ4n) is 0.644. The molecule has 0 saturated heterocycles. The van der Waals surface area contributed by atoms with Gasteiger partial charge in [-0.25, -0.2) is 0 Å². The van der Waals surface area contributed by atoms with Crippen molar-refractivity contribution in [2.24, 2.45) is 0 Å². The van der Waals surface area contributed by atoms with Crippen molar-refractivity contribution in [3.63, 3.8) is 0 Å². The lowest BCUT2D eigenvalue weighted by molar-refractivity contribution is 0.972. The van der Waals surface area contributed by atoms with Gasteiger partial charge >= 0.3 is 0 Å². The highest BCUT2D eigenvalue weighted by Crippen LogP contribution is 2.07. The molecule has 0 aliphatic rings. The molecule has 1 N–H and O–H groups in total. The summed E-state index contributed by atoms with van der Waals surface area (Å²) in [5.41, 5.74) is 1.03. The van der Waals surface area contributed by atoms with Crippen LogP contribution in [0.5, 0.6) is 0 Å². The van der Waals surface area contributed by atoms with Gasteiger partial charge in [-0.15, -0.1) is 0 Å². The molecule has 4 heteroatoms. The molecule has 1 rings (SSSR count). The van der Waals surface area contributed by atoms with Gasteiger partial charge in [0, 0.05) is 18.9 Å². The van der Waals surface area contributed by atoms with Crippen LogP contribution in [0.1, 0.15) is 5.56 Å². The third kappa shape index (κ3) is 2.17. The van der Waals surface area contributed by atoms with Crippen molar-refractivity contribution in [3.05, 3.63) is 29.0 Å². The van der Waals surface area contributed by atoms with Gasteiger partial charge in [-0.1, -0.05) is 24.4 Å². The van der Waals surface area contributed by atoms with Crippen LogP contribution in [0.4, 0.5) is 0 Å². The Labute approximate surface area is 70.2 Å². The van der Waals surface area contributed by atoms with Gasteiger partial charge in [0.05, 0.1) is 5.02 Å². The zero-order valence-electron chi connectivity index (χ0n) is 5.21. The van der Waals surface area contributed by atoms with Crippen molar-refractivity contribution in [2.75, 3.05) is 0 Å². The topological polar surface area (TPSA) is 24.9 Å². The first kappa shape index (κ1) is 7.85. The quantitative estimate of drug-likeness (QED) is 0.667. The lowest BCUT2D eigenvalue weighted by Gasteiger charge is -1.96. The molecule has 0 atom stereocenters. The zero-order valence-corrected chi connectivity index (χ0v) is 6.86. The molecule has 1 aromatic heterocycles. The van der Waals surface area contributed by atoms with E-state index in [1.807, 2.05) is 6.07 Å². The van der Waals surface area contributed by atoms with E-state index in [2.05, 4.69) is 22.5 Å². The Kier molecular flexibility index (Phi) is 2.99. The highest BCUT2D eigenvalue weighted by molar-refractivity contribution is 7.78. The molecule has 0 aliphatic carbocycles. The molecular formula is C6H7ClN2S. The highest BCUT2D eigenvalue weighted by Gasteiger charge is 1.91. The normalized spacial score (nSPS) is 9.80. The van der Waals surface area contributed by atoms with Crippen molar-refractivity contribution in [3.8, 4) is 0 Å². The van der Waals surface area contributed by atoms with Gasteiger partial charge in [-0.3, -0.25) is 9.71 Å². The Morgan fingerprint density at radius 1 is 1.60 bits per heavy atom. The number of aromatic nitrogens is 1. The number of halogens is 1. The summed E-state index contributed by atoms with van der Waals surface area (Å²) in [6.07, 6.45) is 3.35. The largest absolute Gasteiger partial charge is 0.263 e. The van der Waals surface area contributed by atoms with E-state index in [1.54, 1.807) is 12.4 Å². The molecule has 0 bridgehead atoms. The molecule has 10 heavy (non-hydrogen) atoms. The van der Waals surface area contributed by atoms with Crippen molar-refractivity contribution >= 4 is 24.4 Å². The second-order valence-electron chi connectivity index (χ2n) is 1.85. The monoisotopic (exact) mass is 174 g/mol. The first-order chi connectivity index (χ1) is 4.83. The highest BCUT2D eigenvalue weighted by atomic mass is 35.5. The summed E-state index contributed by atoms with van der Waals surface area (Å²) in [6, 6.07) is 1.85. The van der Waals surface area contributed by atoms with Gasteiger partial charge in [-0.2, -0.15) is 0 Å². The van der Waals surface area contributed by atoms with Crippen LogP contribution in [0.15, 0.2) is 18.5 Å². The molecule has 0 unspecified atom stereocenters. The average molecular weight is 175 g/mol. The molecule has 54 valence electrons. The molecule has 1 aromatic rings. The summed E-state index contributed by atoms with van der Waals surface area (Å²) >= 11 is 9.51. The summed E-state index contributed by atoms with van der Waals surface area (Å²) in [5, 5.41) is 0.654. The maximum Gasteiger partial charge on any atom is 0.0592 e. The van der Waals surface area contributed by atoms with E-state index in [4.69, 9.17) is 11.6 Å². The molecular weight excluding hydrogens is 168 g/mol. The van der Waals surface area contributed by atoms with E-state index in [9.17, 15) is 0 Å². The van der Waals surface area contributed by atoms with Crippen LogP contribution in [-0.4, -0.2) is 4.98 Å². The predicted octanol–water partition coefficient (Wildman–Crippen LogP) is 1.67. The SMILES string of the molecule is SNCc1cncc(Cl)c1. The van der Waals surface area contributed by atoms with E-state index >= 15 is 0 Å². The second kappa shape index (κ2) is 3.81. The maximum absolute atomic E-state index is 5.67. The minimum absolute atomic E-state index is 0.654. The molecule has 0 amide bonds. The Balaban J connectivity index is 2.75. The lowest BCUT2D eigenvalue weighted by atomic mass is 10.3. The van der Waals surface area contributed by atoms with Crippen molar-refractivity contribution in [2.45, 2.75) is 6.54 Å². The lowest BCUT2D eigenvalue weighted by Crippen LogP contribution is -1.98. The third-order valence-electron chi connectivity index (χ3n) is 1.04. The smallest absolute Gasteiger partial charge is 0.0592 e. The van der Waals surface area contributed by atoms with Crippen molar-refractivity contribution < 1.29 is 0 Å². The van der Waals surface area contributed by atoms with Crippen LogP contribution in [0.3, 0.4) is 0 Å². The fraction of sp³-hybridized carbons (Fsp3) is 0.167. The molecule has 2 nitrogen and oxygen atoms in total. The van der Waals surface area contributed by atoms with Crippen molar-refractivity contribution in [1.29, 1.82) is 0 Å². The van der Waals surface area contributed by atoms with Crippen LogP contribution >= 0.6 is 24.4 Å². The van der Waals surface area contributed by atoms with Gasteiger partial charge in [-0.05, 0) is 11.6 Å². The van der Waals surface area contributed by atoms with Crippen LogP contribution in [0.25, 0.3) is 0 Å². The minimum atomic E-state index is 0.654. The Hall–Kier alpha value is -0.250. The summed E-state index contributed by atoms with van der Waals surface area (Å²) in [5.74, 6) is 0. The van der Waals surface area contributed by atoms with Gasteiger partial charge in [0.25, 0.3) is 0 Å². The Morgan fingerprint density at radius 3 is 3.00 bits per heavy atom. The first-order valence-corrected chi connectivity index (χ1v) is 3.62. The van der Waals surface area contributed by atoms with Crippen LogP contribution < -0.4 is 4.72 Å². The zero-order chi connectivity index (χ0) is 7.40. The summed E-state index contributed by atoms with van der Waals surface area (Å²) in [4.78, 5) is 3.90. The van der Waals surface area contributed by atoms with Gasteiger partial charge in [0.1, 0.15) is 0 Å². The van der Waals surface area contributed by atoms with Crippen LogP contribution in [0, 0.1) is 0 Å². The van der Waals surface area contributed by atoms with E-state index < -0.39 is 0 Å². The number of pyridine rings is 1. The second-order valence-corrected chi connectivity index (χ2v) is 2.60. The standard InChI is InChI=1S/C6H7ClN2S/c7-6-1-5(3-9-10)2-8-4-6/h1-2,4,9-10H,3H2. The van der Waals surface area contributed by atoms with E-state index in [0.717, 1.165) is 5.56 Å². The molecule has 0 saturated carbocycles. The predicted molar refractivity (Wildman–Crippen MR) is 45.1 cm³/mol. The van der Waals surface area contributed by atoms with Gasteiger partial charge in [0.15, 0.2) is 0 Å². The third-order valence-corrected chi connectivity index (χ3v) is 1.41. The van der Waals surface area contributed by atoms with Crippen LogP contribution in [0.2, 0.25) is 5.02 Å². The van der Waals surface area contributed by atoms with Gasteiger partial charge in [0.2, 0.25) is 0 Å². The number of rotatable bonds is 2. The van der Waals surface area contributed by atoms with E-state index in [-0.39, 0.29) is 0 Å². The Morgan fingerprint density at radius 2 is 2.40 bits per heavy atom. The van der Waals surface area contributed by atoms with E-state index in [0.29, 0.717) is 11.6 Å². The van der Waals surface area contributed by atoms with Gasteiger partial charge < -0.3 is 0 Å². The summed E-state index contributed by atoms with van der Waals surface area (Å²) in [7, 11) is 0. The molecule has 0 spiro atoms. The van der Waals surface area contributed by atoms with E-state index in [1.165, 1.54) is 0 Å². The summed E-state index contributed by atoms with van der Waals surface area (Å²) < 4.78 is 2.71. The summed E-state index contributed by atoms with van der Waals surface area (Å²) in [6.45, 7) is 0.677.